The molecule has 1 saturated heterocycles. The molecule has 6 nitrogen and oxygen atoms in total. The maximum absolute atomic E-state index is 13.0. The van der Waals surface area contributed by atoms with Gasteiger partial charge >= 0.3 is 5.97 Å². The van der Waals surface area contributed by atoms with Gasteiger partial charge in [0.25, 0.3) is 0 Å². The summed E-state index contributed by atoms with van der Waals surface area (Å²) in [5, 5.41) is 0.783. The summed E-state index contributed by atoms with van der Waals surface area (Å²) in [5.74, 6) is 2.97. The summed E-state index contributed by atoms with van der Waals surface area (Å²) in [7, 11) is 3.00. The molecule has 0 bridgehead atoms. The van der Waals surface area contributed by atoms with E-state index in [1.807, 2.05) is 18.2 Å². The van der Waals surface area contributed by atoms with Crippen LogP contribution in [0.1, 0.15) is 29.6 Å². The Morgan fingerprint density at radius 2 is 2.14 bits per heavy atom. The second-order valence-electron chi connectivity index (χ2n) is 7.32. The van der Waals surface area contributed by atoms with E-state index in [0.717, 1.165) is 23.9 Å². The summed E-state index contributed by atoms with van der Waals surface area (Å²) in [5.41, 5.74) is 1.39. The zero-order valence-corrected chi connectivity index (χ0v) is 16.9. The summed E-state index contributed by atoms with van der Waals surface area (Å²) in [6, 6.07) is 7.26. The number of hydrogen-bond donors (Lipinski definition) is 0. The van der Waals surface area contributed by atoms with Crippen molar-refractivity contribution in [2.45, 2.75) is 19.3 Å². The van der Waals surface area contributed by atoms with Gasteiger partial charge in [0, 0.05) is 30.1 Å². The van der Waals surface area contributed by atoms with Gasteiger partial charge in [-0.2, -0.15) is 0 Å². The first kappa shape index (κ1) is 20.8. The van der Waals surface area contributed by atoms with Gasteiger partial charge in [0.05, 0.1) is 32.2 Å². The first-order chi connectivity index (χ1) is 14.1. The fraction of sp³-hybridized carbons (Fsp3) is 0.435. The van der Waals surface area contributed by atoms with Crippen LogP contribution in [-0.4, -0.2) is 55.5 Å². The second-order valence-corrected chi connectivity index (χ2v) is 7.32. The molecule has 0 aliphatic carbocycles. The highest BCUT2D eigenvalue weighted by Crippen LogP contribution is 2.30. The number of carbonyl (C=O) groups is 2. The lowest BCUT2D eigenvalue weighted by Gasteiger charge is -2.36. The van der Waals surface area contributed by atoms with Crippen molar-refractivity contribution in [1.82, 2.24) is 9.88 Å². The summed E-state index contributed by atoms with van der Waals surface area (Å²) in [6.07, 6.45) is 8.88. The van der Waals surface area contributed by atoms with Crippen molar-refractivity contribution in [3.8, 4) is 18.1 Å². The average Bonchev–Trinajstić information content (AvgIpc) is 2.76. The first-order valence-electron chi connectivity index (χ1n) is 9.77. The molecule has 0 spiro atoms. The topological polar surface area (TPSA) is 68.7 Å². The van der Waals surface area contributed by atoms with E-state index in [-0.39, 0.29) is 23.6 Å². The lowest BCUT2D eigenvalue weighted by molar-refractivity contribution is -0.149. The average molecular weight is 394 g/mol. The molecular weight excluding hydrogens is 368 g/mol. The molecule has 0 radical (unpaired) electrons. The number of terminal acetylenes is 1. The minimum atomic E-state index is -0.260. The van der Waals surface area contributed by atoms with Crippen LogP contribution in [0.2, 0.25) is 0 Å². The van der Waals surface area contributed by atoms with Crippen molar-refractivity contribution in [1.29, 1.82) is 0 Å². The van der Waals surface area contributed by atoms with Crippen molar-refractivity contribution >= 4 is 22.7 Å². The van der Waals surface area contributed by atoms with E-state index in [0.29, 0.717) is 37.2 Å². The van der Waals surface area contributed by atoms with Gasteiger partial charge in [0.2, 0.25) is 0 Å². The maximum Gasteiger partial charge on any atom is 0.310 e. The van der Waals surface area contributed by atoms with Gasteiger partial charge in [-0.25, -0.2) is 0 Å². The minimum Gasteiger partial charge on any atom is -0.497 e. The summed E-state index contributed by atoms with van der Waals surface area (Å²) in [4.78, 5) is 31.7. The second kappa shape index (κ2) is 9.53. The Morgan fingerprint density at radius 1 is 1.31 bits per heavy atom. The lowest BCUT2D eigenvalue weighted by atomic mass is 9.81. The Bertz CT molecular complexity index is 934. The SMILES string of the molecule is C#CCN1CC[C@@H](CCC(=O)c2ccnc3ccc(OC)cc23)[C@@H](C(=O)OC)C1. The standard InChI is InChI=1S/C23H26N2O4/c1-4-12-25-13-10-16(20(15-25)23(27)29-3)5-8-22(26)18-9-11-24-21-7-6-17(28-2)14-19(18)21/h1,6-7,9,11,14,16,20H,5,8,10,12-13,15H2,2-3H3/t16-,20+/m1/s1. The number of methoxy groups -OCH3 is 2. The Balaban J connectivity index is 1.73. The van der Waals surface area contributed by atoms with E-state index in [4.69, 9.17) is 15.9 Å². The molecule has 1 fully saturated rings. The minimum absolute atomic E-state index is 0.0420. The Hall–Kier alpha value is -2.91. The predicted molar refractivity (Wildman–Crippen MR) is 111 cm³/mol. The number of aromatic nitrogens is 1. The molecule has 1 aromatic heterocycles. The van der Waals surface area contributed by atoms with Gasteiger partial charge < -0.3 is 9.47 Å². The van der Waals surface area contributed by atoms with E-state index >= 15 is 0 Å². The quantitative estimate of drug-likeness (QED) is 0.409. The molecule has 1 aromatic carbocycles. The van der Waals surface area contributed by atoms with Gasteiger partial charge in [-0.1, -0.05) is 5.92 Å². The van der Waals surface area contributed by atoms with E-state index < -0.39 is 0 Å². The fourth-order valence-corrected chi connectivity index (χ4v) is 4.05. The summed E-state index contributed by atoms with van der Waals surface area (Å²) in [6.45, 7) is 1.92. The molecule has 0 unspecified atom stereocenters. The van der Waals surface area contributed by atoms with Crippen molar-refractivity contribution in [3.63, 3.8) is 0 Å². The van der Waals surface area contributed by atoms with Crippen LogP contribution < -0.4 is 4.74 Å². The fourth-order valence-electron chi connectivity index (χ4n) is 4.05. The first-order valence-corrected chi connectivity index (χ1v) is 9.77. The number of pyridine rings is 1. The van der Waals surface area contributed by atoms with Crippen LogP contribution in [0.4, 0.5) is 0 Å². The lowest BCUT2D eigenvalue weighted by Crippen LogP contribution is -2.44. The highest BCUT2D eigenvalue weighted by Gasteiger charge is 2.35. The predicted octanol–water partition coefficient (Wildman–Crippen LogP) is 2.95. The number of fused-ring (bicyclic) bond motifs is 1. The zero-order valence-electron chi connectivity index (χ0n) is 16.9. The van der Waals surface area contributed by atoms with Gasteiger partial charge in [-0.3, -0.25) is 19.5 Å². The van der Waals surface area contributed by atoms with Gasteiger partial charge in [-0.15, -0.1) is 6.42 Å². The molecule has 2 atom stereocenters. The molecule has 1 aliphatic heterocycles. The van der Waals surface area contributed by atoms with E-state index in [9.17, 15) is 9.59 Å². The number of nitrogens with zero attached hydrogens (tertiary/aromatic N) is 2. The zero-order chi connectivity index (χ0) is 20.8. The monoisotopic (exact) mass is 394 g/mol. The molecule has 2 aromatic rings. The Labute approximate surface area is 171 Å². The number of esters is 1. The van der Waals surface area contributed by atoms with E-state index in [1.165, 1.54) is 7.11 Å². The molecule has 152 valence electrons. The Kier molecular flexibility index (Phi) is 6.84. The molecule has 0 saturated carbocycles. The van der Waals surface area contributed by atoms with Crippen LogP contribution in [0.5, 0.6) is 5.75 Å². The normalized spacial score (nSPS) is 19.5. The summed E-state index contributed by atoms with van der Waals surface area (Å²) < 4.78 is 10.3. The number of rotatable bonds is 7. The molecule has 6 heteroatoms. The highest BCUT2D eigenvalue weighted by atomic mass is 16.5. The Morgan fingerprint density at radius 3 is 2.86 bits per heavy atom. The van der Waals surface area contributed by atoms with Crippen LogP contribution in [0.25, 0.3) is 10.9 Å². The number of carbonyl (C=O) groups excluding carboxylic acids is 2. The molecule has 1 aliphatic rings. The molecule has 0 N–H and O–H groups in total. The number of hydrogen-bond acceptors (Lipinski definition) is 6. The van der Waals surface area contributed by atoms with Crippen molar-refractivity contribution in [2.75, 3.05) is 33.9 Å². The molecule has 3 rings (SSSR count). The molecule has 29 heavy (non-hydrogen) atoms. The van der Waals surface area contributed by atoms with Crippen LogP contribution in [-0.2, 0) is 9.53 Å². The molecule has 2 heterocycles. The van der Waals surface area contributed by atoms with Gasteiger partial charge in [-0.05, 0) is 49.6 Å². The van der Waals surface area contributed by atoms with Crippen LogP contribution in [0.15, 0.2) is 30.5 Å². The highest BCUT2D eigenvalue weighted by molar-refractivity contribution is 6.07. The van der Waals surface area contributed by atoms with E-state index in [2.05, 4.69) is 15.8 Å². The number of ketones is 1. The third-order valence-electron chi connectivity index (χ3n) is 5.65. The summed E-state index contributed by atoms with van der Waals surface area (Å²) >= 11 is 0. The maximum atomic E-state index is 13.0. The number of ether oxygens (including phenoxy) is 2. The van der Waals surface area contributed by atoms with Crippen molar-refractivity contribution in [3.05, 3.63) is 36.0 Å². The number of benzene rings is 1. The van der Waals surface area contributed by atoms with Crippen LogP contribution in [0.3, 0.4) is 0 Å². The van der Waals surface area contributed by atoms with Crippen molar-refractivity contribution in [2.24, 2.45) is 11.8 Å². The van der Waals surface area contributed by atoms with E-state index in [1.54, 1.807) is 19.4 Å². The van der Waals surface area contributed by atoms with Crippen LogP contribution in [0, 0.1) is 24.2 Å². The smallest absolute Gasteiger partial charge is 0.310 e. The third kappa shape index (κ3) is 4.75. The van der Waals surface area contributed by atoms with Crippen LogP contribution >= 0.6 is 0 Å². The largest absolute Gasteiger partial charge is 0.497 e. The van der Waals surface area contributed by atoms with Gasteiger partial charge in [0.1, 0.15) is 5.75 Å². The van der Waals surface area contributed by atoms with Gasteiger partial charge in [0.15, 0.2) is 5.78 Å². The number of likely N-dealkylation sites (tertiary alicyclic amines) is 1. The van der Waals surface area contributed by atoms with Crippen molar-refractivity contribution < 1.29 is 19.1 Å². The molecular formula is C23H26N2O4. The number of Topliss-reactive ketones (excluding diaryl/α,β-unsaturated/α-hetero) is 1. The third-order valence-corrected chi connectivity index (χ3v) is 5.65. The number of piperidine rings is 1. The molecule has 0 amide bonds.